The minimum atomic E-state index is 0.172. The van der Waals surface area contributed by atoms with Gasteiger partial charge < -0.3 is 10.6 Å². The molecule has 1 atom stereocenters. The molecule has 1 aliphatic heterocycles. The van der Waals surface area contributed by atoms with Gasteiger partial charge in [-0.25, -0.2) is 0 Å². The molecule has 2 rings (SSSR count). The number of hydrogen-bond acceptors (Lipinski definition) is 2. The van der Waals surface area contributed by atoms with E-state index in [-0.39, 0.29) is 5.54 Å². The molecule has 1 aliphatic rings. The summed E-state index contributed by atoms with van der Waals surface area (Å²) in [6.07, 6.45) is 3.64. The Morgan fingerprint density at radius 2 is 2.00 bits per heavy atom. The van der Waals surface area contributed by atoms with E-state index in [0.717, 1.165) is 24.5 Å². The monoisotopic (exact) mass is 266 g/mol. The zero-order valence-electron chi connectivity index (χ0n) is 11.3. The maximum atomic E-state index is 5.97. The van der Waals surface area contributed by atoms with E-state index in [0.29, 0.717) is 5.92 Å². The molecule has 0 amide bonds. The fraction of sp³-hybridized carbons (Fsp3) is 0.600. The normalized spacial score (nSPS) is 23.1. The van der Waals surface area contributed by atoms with Crippen LogP contribution in [0.3, 0.4) is 0 Å². The van der Waals surface area contributed by atoms with Gasteiger partial charge in [0, 0.05) is 22.8 Å². The van der Waals surface area contributed by atoms with Gasteiger partial charge in [-0.05, 0) is 69.8 Å². The summed E-state index contributed by atoms with van der Waals surface area (Å²) in [6, 6.07) is 8.18. The Balaban J connectivity index is 2.23. The fourth-order valence-corrected chi connectivity index (χ4v) is 3.27. The molecule has 1 heterocycles. The van der Waals surface area contributed by atoms with E-state index in [1.165, 1.54) is 18.5 Å². The Morgan fingerprint density at radius 3 is 2.61 bits per heavy atom. The molecule has 1 aromatic rings. The van der Waals surface area contributed by atoms with Gasteiger partial charge in [-0.15, -0.1) is 0 Å². The van der Waals surface area contributed by atoms with Gasteiger partial charge in [0.25, 0.3) is 0 Å². The summed E-state index contributed by atoms with van der Waals surface area (Å²) in [5.41, 5.74) is 7.19. The Kier molecular flexibility index (Phi) is 4.18. The third kappa shape index (κ3) is 2.65. The first-order chi connectivity index (χ1) is 8.55. The average molecular weight is 267 g/mol. The number of piperidine rings is 1. The van der Waals surface area contributed by atoms with Crippen molar-refractivity contribution in [3.63, 3.8) is 0 Å². The molecule has 1 aromatic carbocycles. The number of hydrogen-bond donors (Lipinski definition) is 1. The van der Waals surface area contributed by atoms with Gasteiger partial charge in [-0.2, -0.15) is 0 Å². The van der Waals surface area contributed by atoms with E-state index >= 15 is 0 Å². The molecule has 0 aliphatic carbocycles. The Bertz CT molecular complexity index is 384. The third-order valence-corrected chi connectivity index (χ3v) is 4.53. The minimum Gasteiger partial charge on any atom is -0.366 e. The maximum absolute atomic E-state index is 5.97. The number of rotatable bonds is 3. The van der Waals surface area contributed by atoms with Crippen molar-refractivity contribution >= 4 is 17.3 Å². The minimum absolute atomic E-state index is 0.172. The molecule has 0 aromatic heterocycles. The lowest BCUT2D eigenvalue weighted by molar-refractivity contribution is 0.227. The molecule has 1 fully saturated rings. The Labute approximate surface area is 115 Å². The van der Waals surface area contributed by atoms with Crippen LogP contribution < -0.4 is 10.6 Å². The van der Waals surface area contributed by atoms with Gasteiger partial charge in [0.15, 0.2) is 0 Å². The standard InChI is InChI=1S/C15H23ClN2/c1-15(2)12(9-10-17)4-3-11-18(15)14-7-5-13(16)6-8-14/h5-8,12H,3-4,9-11,17H2,1-2H3. The van der Waals surface area contributed by atoms with Gasteiger partial charge in [0.1, 0.15) is 0 Å². The maximum Gasteiger partial charge on any atom is 0.0407 e. The average Bonchev–Trinajstić information content (AvgIpc) is 2.33. The SMILES string of the molecule is CC1(C)C(CCN)CCCN1c1ccc(Cl)cc1. The van der Waals surface area contributed by atoms with Crippen LogP contribution in [0.4, 0.5) is 5.69 Å². The van der Waals surface area contributed by atoms with E-state index < -0.39 is 0 Å². The van der Waals surface area contributed by atoms with E-state index in [9.17, 15) is 0 Å². The molecule has 0 radical (unpaired) electrons. The number of halogens is 1. The summed E-state index contributed by atoms with van der Waals surface area (Å²) in [4.78, 5) is 2.51. The third-order valence-electron chi connectivity index (χ3n) is 4.28. The predicted molar refractivity (Wildman–Crippen MR) is 79.3 cm³/mol. The smallest absolute Gasteiger partial charge is 0.0407 e. The van der Waals surface area contributed by atoms with E-state index in [2.05, 4.69) is 30.9 Å². The highest BCUT2D eigenvalue weighted by atomic mass is 35.5. The zero-order valence-corrected chi connectivity index (χ0v) is 12.1. The highest BCUT2D eigenvalue weighted by Gasteiger charge is 2.37. The fourth-order valence-electron chi connectivity index (χ4n) is 3.14. The summed E-state index contributed by atoms with van der Waals surface area (Å²) in [5, 5.41) is 0.798. The molecule has 1 unspecified atom stereocenters. The summed E-state index contributed by atoms with van der Waals surface area (Å²) in [6.45, 7) is 6.57. The van der Waals surface area contributed by atoms with Crippen molar-refractivity contribution in [1.29, 1.82) is 0 Å². The quantitative estimate of drug-likeness (QED) is 0.904. The van der Waals surface area contributed by atoms with Crippen molar-refractivity contribution < 1.29 is 0 Å². The van der Waals surface area contributed by atoms with Crippen LogP contribution in [0.15, 0.2) is 24.3 Å². The Hall–Kier alpha value is -0.730. The molecule has 0 bridgehead atoms. The van der Waals surface area contributed by atoms with Gasteiger partial charge in [0.2, 0.25) is 0 Å². The van der Waals surface area contributed by atoms with Gasteiger partial charge in [-0.1, -0.05) is 11.6 Å². The van der Waals surface area contributed by atoms with Crippen LogP contribution in [0.25, 0.3) is 0 Å². The Morgan fingerprint density at radius 1 is 1.33 bits per heavy atom. The lowest BCUT2D eigenvalue weighted by Gasteiger charge is -2.49. The van der Waals surface area contributed by atoms with Crippen LogP contribution in [0, 0.1) is 5.92 Å². The van der Waals surface area contributed by atoms with Gasteiger partial charge in [0.05, 0.1) is 0 Å². The van der Waals surface area contributed by atoms with Gasteiger partial charge >= 0.3 is 0 Å². The lowest BCUT2D eigenvalue weighted by atomic mass is 9.77. The number of anilines is 1. The molecule has 0 saturated carbocycles. The first-order valence-electron chi connectivity index (χ1n) is 6.79. The highest BCUT2D eigenvalue weighted by molar-refractivity contribution is 6.30. The number of nitrogens with zero attached hydrogens (tertiary/aromatic N) is 1. The highest BCUT2D eigenvalue weighted by Crippen LogP contribution is 2.38. The molecule has 18 heavy (non-hydrogen) atoms. The second-order valence-corrected chi connectivity index (χ2v) is 6.13. The molecule has 3 heteroatoms. The summed E-state index contributed by atoms with van der Waals surface area (Å²) in [7, 11) is 0. The lowest BCUT2D eigenvalue weighted by Crippen LogP contribution is -2.54. The molecular weight excluding hydrogens is 244 g/mol. The molecule has 2 N–H and O–H groups in total. The molecule has 100 valence electrons. The van der Waals surface area contributed by atoms with Crippen LogP contribution in [-0.4, -0.2) is 18.6 Å². The van der Waals surface area contributed by atoms with Gasteiger partial charge in [-0.3, -0.25) is 0 Å². The van der Waals surface area contributed by atoms with Crippen molar-refractivity contribution in [2.45, 2.75) is 38.6 Å². The predicted octanol–water partition coefficient (Wildman–Crippen LogP) is 3.68. The van der Waals surface area contributed by atoms with Crippen molar-refractivity contribution in [2.24, 2.45) is 11.7 Å². The van der Waals surface area contributed by atoms with E-state index in [1.807, 2.05) is 12.1 Å². The summed E-state index contributed by atoms with van der Waals surface area (Å²) in [5.74, 6) is 0.673. The first kappa shape index (κ1) is 13.7. The van der Waals surface area contributed by atoms with Crippen molar-refractivity contribution in [2.75, 3.05) is 18.0 Å². The second kappa shape index (κ2) is 5.50. The summed E-state index contributed by atoms with van der Waals surface area (Å²) < 4.78 is 0. The topological polar surface area (TPSA) is 29.3 Å². The molecular formula is C15H23ClN2. The van der Waals surface area contributed by atoms with Crippen molar-refractivity contribution in [1.82, 2.24) is 0 Å². The second-order valence-electron chi connectivity index (χ2n) is 5.70. The van der Waals surface area contributed by atoms with Crippen LogP contribution >= 0.6 is 11.6 Å². The zero-order chi connectivity index (χ0) is 13.2. The molecule has 1 saturated heterocycles. The first-order valence-corrected chi connectivity index (χ1v) is 7.17. The summed E-state index contributed by atoms with van der Waals surface area (Å²) >= 11 is 5.97. The molecule has 0 spiro atoms. The van der Waals surface area contributed by atoms with E-state index in [1.54, 1.807) is 0 Å². The van der Waals surface area contributed by atoms with Crippen LogP contribution in [0.2, 0.25) is 5.02 Å². The van der Waals surface area contributed by atoms with Crippen LogP contribution in [-0.2, 0) is 0 Å². The van der Waals surface area contributed by atoms with Crippen molar-refractivity contribution in [3.05, 3.63) is 29.3 Å². The molecule has 2 nitrogen and oxygen atoms in total. The van der Waals surface area contributed by atoms with E-state index in [4.69, 9.17) is 17.3 Å². The number of nitrogens with two attached hydrogens (primary N) is 1. The van der Waals surface area contributed by atoms with Crippen molar-refractivity contribution in [3.8, 4) is 0 Å². The number of benzene rings is 1. The van der Waals surface area contributed by atoms with Crippen LogP contribution in [0.1, 0.15) is 33.1 Å². The van der Waals surface area contributed by atoms with Crippen LogP contribution in [0.5, 0.6) is 0 Å². The largest absolute Gasteiger partial charge is 0.366 e.